The Morgan fingerprint density at radius 3 is 2.53 bits per heavy atom. The first kappa shape index (κ1) is 13.7. The summed E-state index contributed by atoms with van der Waals surface area (Å²) >= 11 is 0. The van der Waals surface area contributed by atoms with Gasteiger partial charge in [0.05, 0.1) is 5.75 Å². The third kappa shape index (κ3) is 3.64. The number of aryl methyl sites for hydroxylation is 3. The van der Waals surface area contributed by atoms with E-state index in [4.69, 9.17) is 4.52 Å². The van der Waals surface area contributed by atoms with Crippen LogP contribution in [0.25, 0.3) is 0 Å². The summed E-state index contributed by atoms with van der Waals surface area (Å²) in [5.74, 6) is 0.350. The lowest BCUT2D eigenvalue weighted by atomic mass is 10.1. The van der Waals surface area contributed by atoms with Crippen molar-refractivity contribution in [1.29, 1.82) is 0 Å². The fourth-order valence-electron chi connectivity index (χ4n) is 1.83. The van der Waals surface area contributed by atoms with Crippen LogP contribution in [0, 0.1) is 20.8 Å². The van der Waals surface area contributed by atoms with Crippen molar-refractivity contribution in [3.63, 3.8) is 0 Å². The molecule has 0 radical (unpaired) electrons. The van der Waals surface area contributed by atoms with Gasteiger partial charge in [-0.05, 0) is 31.9 Å². The van der Waals surface area contributed by atoms with Crippen LogP contribution in [0.1, 0.15) is 28.4 Å². The zero-order valence-electron chi connectivity index (χ0n) is 11.2. The summed E-state index contributed by atoms with van der Waals surface area (Å²) < 4.78 is 29.1. The number of sulfone groups is 1. The summed E-state index contributed by atoms with van der Waals surface area (Å²) in [6.45, 7) is 5.50. The average molecular weight is 280 g/mol. The Morgan fingerprint density at radius 1 is 1.16 bits per heavy atom. The normalized spacial score (nSPS) is 11.7. The largest absolute Gasteiger partial charge is 0.338 e. The van der Waals surface area contributed by atoms with Gasteiger partial charge in [-0.25, -0.2) is 8.42 Å². The van der Waals surface area contributed by atoms with Crippen molar-refractivity contribution in [2.24, 2.45) is 0 Å². The van der Waals surface area contributed by atoms with Gasteiger partial charge in [0.1, 0.15) is 5.75 Å². The molecule has 0 bridgehead atoms. The molecule has 2 rings (SSSR count). The van der Waals surface area contributed by atoms with E-state index in [9.17, 15) is 8.42 Å². The molecule has 102 valence electrons. The first-order chi connectivity index (χ1) is 8.85. The molecule has 0 atom stereocenters. The van der Waals surface area contributed by atoms with E-state index in [-0.39, 0.29) is 17.4 Å². The van der Waals surface area contributed by atoms with Gasteiger partial charge < -0.3 is 4.52 Å². The minimum Gasteiger partial charge on any atom is -0.338 e. The first-order valence-corrected chi connectivity index (χ1v) is 7.73. The SMILES string of the molecule is Cc1ccc(C)c(CS(=O)(=O)Cc2nc(C)no2)c1. The molecule has 0 saturated carbocycles. The van der Waals surface area contributed by atoms with Crippen LogP contribution in [0.3, 0.4) is 0 Å². The van der Waals surface area contributed by atoms with Gasteiger partial charge in [0.2, 0.25) is 5.89 Å². The van der Waals surface area contributed by atoms with Crippen LogP contribution in [-0.4, -0.2) is 18.6 Å². The van der Waals surface area contributed by atoms with Crippen molar-refractivity contribution < 1.29 is 12.9 Å². The fraction of sp³-hybridized carbons (Fsp3) is 0.385. The molecule has 0 aliphatic carbocycles. The molecule has 0 saturated heterocycles. The molecule has 0 spiro atoms. The molecule has 2 aromatic rings. The van der Waals surface area contributed by atoms with E-state index < -0.39 is 9.84 Å². The van der Waals surface area contributed by atoms with Gasteiger partial charge in [-0.1, -0.05) is 28.9 Å². The molecule has 0 aliphatic heterocycles. The first-order valence-electron chi connectivity index (χ1n) is 5.91. The maximum atomic E-state index is 12.1. The van der Waals surface area contributed by atoms with E-state index in [1.165, 1.54) is 0 Å². The predicted molar refractivity (Wildman–Crippen MR) is 71.3 cm³/mol. The lowest BCUT2D eigenvalue weighted by Crippen LogP contribution is -2.09. The molecule has 0 fully saturated rings. The second-order valence-electron chi connectivity index (χ2n) is 4.70. The molecule has 0 N–H and O–H groups in total. The molecular weight excluding hydrogens is 264 g/mol. The maximum absolute atomic E-state index is 12.1. The highest BCUT2D eigenvalue weighted by Gasteiger charge is 2.18. The second-order valence-corrected chi connectivity index (χ2v) is 6.76. The molecule has 19 heavy (non-hydrogen) atoms. The van der Waals surface area contributed by atoms with E-state index in [0.717, 1.165) is 16.7 Å². The lowest BCUT2D eigenvalue weighted by Gasteiger charge is -2.07. The van der Waals surface area contributed by atoms with Crippen molar-refractivity contribution in [3.05, 3.63) is 46.6 Å². The Morgan fingerprint density at radius 2 is 1.89 bits per heavy atom. The average Bonchev–Trinajstić information content (AvgIpc) is 2.68. The standard InChI is InChI=1S/C13H16N2O3S/c1-9-4-5-10(2)12(6-9)7-19(16,17)8-13-14-11(3)15-18-13/h4-6H,7-8H2,1-3H3. The van der Waals surface area contributed by atoms with Gasteiger partial charge in [0.25, 0.3) is 0 Å². The van der Waals surface area contributed by atoms with Crippen molar-refractivity contribution in [2.75, 3.05) is 0 Å². The minimum absolute atomic E-state index is 0.0120. The molecule has 1 aromatic heterocycles. The van der Waals surface area contributed by atoms with Gasteiger partial charge in [-0.3, -0.25) is 0 Å². The van der Waals surface area contributed by atoms with Gasteiger partial charge >= 0.3 is 0 Å². The number of nitrogens with zero attached hydrogens (tertiary/aromatic N) is 2. The van der Waals surface area contributed by atoms with E-state index in [2.05, 4.69) is 10.1 Å². The maximum Gasteiger partial charge on any atom is 0.241 e. The summed E-state index contributed by atoms with van der Waals surface area (Å²) in [4.78, 5) is 3.92. The Labute approximate surface area is 112 Å². The topological polar surface area (TPSA) is 73.1 Å². The highest BCUT2D eigenvalue weighted by Crippen LogP contribution is 2.16. The monoisotopic (exact) mass is 280 g/mol. The Bertz CT molecular complexity index is 690. The number of benzene rings is 1. The van der Waals surface area contributed by atoms with Crippen LogP contribution in [0.15, 0.2) is 22.7 Å². The Hall–Kier alpha value is -1.69. The Balaban J connectivity index is 2.19. The number of aromatic nitrogens is 2. The van der Waals surface area contributed by atoms with Crippen LogP contribution in [0.5, 0.6) is 0 Å². The minimum atomic E-state index is -3.31. The van der Waals surface area contributed by atoms with Crippen molar-refractivity contribution in [3.8, 4) is 0 Å². The third-order valence-corrected chi connectivity index (χ3v) is 4.23. The molecule has 1 heterocycles. The molecule has 5 nitrogen and oxygen atoms in total. The van der Waals surface area contributed by atoms with Crippen LogP contribution in [0.2, 0.25) is 0 Å². The molecule has 0 unspecified atom stereocenters. The molecule has 1 aromatic carbocycles. The van der Waals surface area contributed by atoms with Crippen molar-refractivity contribution >= 4 is 9.84 Å². The molecule has 0 amide bonds. The smallest absolute Gasteiger partial charge is 0.241 e. The summed E-state index contributed by atoms with van der Waals surface area (Å²) in [6, 6.07) is 5.79. The van der Waals surface area contributed by atoms with Gasteiger partial charge in [0.15, 0.2) is 15.7 Å². The van der Waals surface area contributed by atoms with Crippen molar-refractivity contribution in [2.45, 2.75) is 32.3 Å². The highest BCUT2D eigenvalue weighted by atomic mass is 32.2. The summed E-state index contributed by atoms with van der Waals surface area (Å²) in [7, 11) is -3.31. The fourth-order valence-corrected chi connectivity index (χ4v) is 3.21. The molecule has 6 heteroatoms. The van der Waals surface area contributed by atoms with Crippen molar-refractivity contribution in [1.82, 2.24) is 10.1 Å². The van der Waals surface area contributed by atoms with Gasteiger partial charge in [-0.2, -0.15) is 4.98 Å². The van der Waals surface area contributed by atoms with Gasteiger partial charge in [0, 0.05) is 0 Å². The van der Waals surface area contributed by atoms with Crippen LogP contribution in [0.4, 0.5) is 0 Å². The second kappa shape index (κ2) is 5.13. The van der Waals surface area contributed by atoms with Crippen LogP contribution >= 0.6 is 0 Å². The van der Waals surface area contributed by atoms with Crippen LogP contribution < -0.4 is 0 Å². The quantitative estimate of drug-likeness (QED) is 0.857. The summed E-state index contributed by atoms with van der Waals surface area (Å²) in [6.07, 6.45) is 0. The zero-order valence-corrected chi connectivity index (χ0v) is 12.0. The lowest BCUT2D eigenvalue weighted by molar-refractivity contribution is 0.384. The van der Waals surface area contributed by atoms with E-state index in [0.29, 0.717) is 5.82 Å². The summed E-state index contributed by atoms with van der Waals surface area (Å²) in [5.41, 5.74) is 2.83. The third-order valence-electron chi connectivity index (χ3n) is 2.79. The van der Waals surface area contributed by atoms with E-state index in [1.807, 2.05) is 32.0 Å². The highest BCUT2D eigenvalue weighted by molar-refractivity contribution is 7.89. The number of hydrogen-bond acceptors (Lipinski definition) is 5. The number of rotatable bonds is 4. The zero-order chi connectivity index (χ0) is 14.0. The number of hydrogen-bond donors (Lipinski definition) is 0. The Kier molecular flexibility index (Phi) is 3.71. The summed E-state index contributed by atoms with van der Waals surface area (Å²) in [5, 5.41) is 3.59. The van der Waals surface area contributed by atoms with Crippen LogP contribution in [-0.2, 0) is 21.3 Å². The van der Waals surface area contributed by atoms with Gasteiger partial charge in [-0.15, -0.1) is 0 Å². The predicted octanol–water partition coefficient (Wildman–Crippen LogP) is 2.11. The molecule has 0 aliphatic rings. The van der Waals surface area contributed by atoms with E-state index >= 15 is 0 Å². The molecular formula is C13H16N2O3S. The van der Waals surface area contributed by atoms with E-state index in [1.54, 1.807) is 6.92 Å².